The van der Waals surface area contributed by atoms with Crippen LogP contribution >= 0.6 is 23.4 Å². The fraction of sp³-hybridized carbons (Fsp3) is 0.276. The van der Waals surface area contributed by atoms with Crippen molar-refractivity contribution in [2.45, 2.75) is 34.8 Å². The van der Waals surface area contributed by atoms with Crippen LogP contribution in [0.25, 0.3) is 0 Å². The SMILES string of the molecule is N.O=c1[nH]n(C(c2ccccc2)c2cccc(N3CCOC(C4CC4)C3)c2)c(O)c1Sc1ccccc1Cl. The number of hydrogen-bond acceptors (Lipinski definition) is 6. The first kappa shape index (κ1) is 26.4. The fourth-order valence-corrected chi connectivity index (χ4v) is 6.13. The molecule has 2 unspecified atom stereocenters. The van der Waals surface area contributed by atoms with Crippen LogP contribution in [0.2, 0.25) is 5.02 Å². The molecule has 1 saturated carbocycles. The first-order valence-corrected chi connectivity index (χ1v) is 13.8. The first-order valence-electron chi connectivity index (χ1n) is 12.6. The summed E-state index contributed by atoms with van der Waals surface area (Å²) in [4.78, 5) is 16.3. The smallest absolute Gasteiger partial charge is 0.282 e. The summed E-state index contributed by atoms with van der Waals surface area (Å²) in [6.07, 6.45) is 2.80. The van der Waals surface area contributed by atoms with Gasteiger partial charge in [0, 0.05) is 23.7 Å². The third-order valence-corrected chi connectivity index (χ3v) is 8.66. The number of H-pyrrole nitrogens is 1. The number of hydrogen-bond donors (Lipinski definition) is 3. The molecule has 1 aromatic heterocycles. The third kappa shape index (κ3) is 5.35. The van der Waals surface area contributed by atoms with Crippen molar-refractivity contribution in [1.29, 1.82) is 0 Å². The summed E-state index contributed by atoms with van der Waals surface area (Å²) in [7, 11) is 0. The number of ether oxygens (including phenoxy) is 1. The van der Waals surface area contributed by atoms with Crippen LogP contribution in [0.1, 0.15) is 30.0 Å². The fourth-order valence-electron chi connectivity index (χ4n) is 5.02. The predicted molar refractivity (Wildman–Crippen MR) is 152 cm³/mol. The molecule has 2 fully saturated rings. The molecule has 2 heterocycles. The van der Waals surface area contributed by atoms with Gasteiger partial charge in [0.25, 0.3) is 5.56 Å². The lowest BCUT2D eigenvalue weighted by atomic mass is 9.98. The lowest BCUT2D eigenvalue weighted by Gasteiger charge is -2.35. The molecule has 1 aliphatic carbocycles. The maximum Gasteiger partial charge on any atom is 0.282 e. The molecule has 0 bridgehead atoms. The van der Waals surface area contributed by atoms with E-state index in [2.05, 4.69) is 22.1 Å². The van der Waals surface area contributed by atoms with Crippen molar-refractivity contribution >= 4 is 29.1 Å². The topological polar surface area (TPSA) is 105 Å². The molecule has 0 spiro atoms. The molecule has 7 nitrogen and oxygen atoms in total. The lowest BCUT2D eigenvalue weighted by molar-refractivity contribution is 0.0264. The summed E-state index contributed by atoms with van der Waals surface area (Å²) < 4.78 is 7.59. The zero-order valence-corrected chi connectivity index (χ0v) is 22.5. The summed E-state index contributed by atoms with van der Waals surface area (Å²) in [5.74, 6) is 0.563. The molecule has 1 saturated heterocycles. The monoisotopic (exact) mass is 550 g/mol. The van der Waals surface area contributed by atoms with Crippen LogP contribution in [0, 0.1) is 5.92 Å². The molecule has 9 heteroatoms. The number of aromatic hydroxyl groups is 1. The van der Waals surface area contributed by atoms with E-state index in [1.165, 1.54) is 12.8 Å². The van der Waals surface area contributed by atoms with Crippen LogP contribution in [0.5, 0.6) is 5.88 Å². The summed E-state index contributed by atoms with van der Waals surface area (Å²) in [6.45, 7) is 2.45. The highest BCUT2D eigenvalue weighted by Crippen LogP contribution is 2.40. The first-order chi connectivity index (χ1) is 18.1. The van der Waals surface area contributed by atoms with Crippen LogP contribution in [0.4, 0.5) is 5.69 Å². The normalized spacial score (nSPS) is 18.1. The van der Waals surface area contributed by atoms with Crippen molar-refractivity contribution < 1.29 is 9.84 Å². The van der Waals surface area contributed by atoms with Crippen LogP contribution in [0.15, 0.2) is 93.4 Å². The lowest BCUT2D eigenvalue weighted by Crippen LogP contribution is -2.43. The predicted octanol–water partition coefficient (Wildman–Crippen LogP) is 6.10. The number of rotatable bonds is 7. The van der Waals surface area contributed by atoms with Crippen molar-refractivity contribution in [3.8, 4) is 5.88 Å². The van der Waals surface area contributed by atoms with E-state index >= 15 is 0 Å². The molecule has 0 amide bonds. The van der Waals surface area contributed by atoms with Gasteiger partial charge in [-0.25, -0.2) is 4.68 Å². The molecule has 38 heavy (non-hydrogen) atoms. The van der Waals surface area contributed by atoms with Crippen LogP contribution in [0.3, 0.4) is 0 Å². The van der Waals surface area contributed by atoms with Gasteiger partial charge < -0.3 is 20.9 Å². The molecule has 3 aromatic carbocycles. The number of halogens is 1. The molecule has 4 aromatic rings. The molecule has 2 aliphatic rings. The molecule has 0 radical (unpaired) electrons. The maximum atomic E-state index is 13.0. The second-order valence-corrected chi connectivity index (χ2v) is 11.1. The van der Waals surface area contributed by atoms with Crippen LogP contribution in [-0.2, 0) is 4.74 Å². The van der Waals surface area contributed by atoms with Gasteiger partial charge in [0.05, 0.1) is 17.7 Å². The van der Waals surface area contributed by atoms with Gasteiger partial charge in [-0.1, -0.05) is 78.0 Å². The minimum absolute atomic E-state index is 0. The van der Waals surface area contributed by atoms with Gasteiger partial charge in [0.15, 0.2) is 0 Å². The zero-order valence-electron chi connectivity index (χ0n) is 20.9. The van der Waals surface area contributed by atoms with Crippen molar-refractivity contribution in [2.75, 3.05) is 24.6 Å². The van der Waals surface area contributed by atoms with Crippen molar-refractivity contribution in [3.05, 3.63) is 105 Å². The van der Waals surface area contributed by atoms with Gasteiger partial charge >= 0.3 is 0 Å². The standard InChI is InChI=1S/C29H28ClN3O3S.H3N/c30-23-11-4-5-12-25(23)37-27-28(34)31-33(29(27)35)26(20-7-2-1-3-8-20)21-9-6-10-22(17-21)32-15-16-36-24(18-32)19-13-14-19;/h1-12,17,19,24,26,35H,13-16,18H2,(H,31,34);1H3. The van der Waals surface area contributed by atoms with E-state index in [4.69, 9.17) is 16.3 Å². The number of benzene rings is 3. The Morgan fingerprint density at radius 3 is 2.50 bits per heavy atom. The van der Waals surface area contributed by atoms with E-state index in [1.807, 2.05) is 60.7 Å². The Morgan fingerprint density at radius 2 is 1.74 bits per heavy atom. The van der Waals surface area contributed by atoms with Crippen molar-refractivity contribution in [3.63, 3.8) is 0 Å². The number of morpholine rings is 1. The highest BCUT2D eigenvalue weighted by molar-refractivity contribution is 7.99. The molecule has 1 aliphatic heterocycles. The highest BCUT2D eigenvalue weighted by Gasteiger charge is 2.35. The number of aromatic amines is 1. The summed E-state index contributed by atoms with van der Waals surface area (Å²) >= 11 is 7.49. The molecule has 2 atom stereocenters. The van der Waals surface area contributed by atoms with E-state index in [0.29, 0.717) is 15.8 Å². The van der Waals surface area contributed by atoms with Crippen LogP contribution < -0.4 is 16.6 Å². The second kappa shape index (κ2) is 11.3. The molecule has 198 valence electrons. The zero-order chi connectivity index (χ0) is 25.4. The number of anilines is 1. The minimum Gasteiger partial charge on any atom is -0.493 e. The quantitative estimate of drug-likeness (QED) is 0.257. The number of nitrogens with zero attached hydrogens (tertiary/aromatic N) is 2. The Hall–Kier alpha value is -3.17. The molecular weight excluding hydrogens is 520 g/mol. The highest BCUT2D eigenvalue weighted by atomic mass is 35.5. The largest absolute Gasteiger partial charge is 0.493 e. The summed E-state index contributed by atoms with van der Waals surface area (Å²) in [6, 6.07) is 25.1. The Morgan fingerprint density at radius 1 is 1.00 bits per heavy atom. The third-order valence-electron chi connectivity index (χ3n) is 7.07. The average Bonchev–Trinajstić information content (AvgIpc) is 3.75. The Labute approximate surface area is 231 Å². The van der Waals surface area contributed by atoms with E-state index < -0.39 is 6.04 Å². The Kier molecular flexibility index (Phi) is 7.85. The Balaban J connectivity index is 0.00000294. The second-order valence-electron chi connectivity index (χ2n) is 9.60. The van der Waals surface area contributed by atoms with Gasteiger partial charge in [-0.2, -0.15) is 0 Å². The van der Waals surface area contributed by atoms with E-state index in [0.717, 1.165) is 48.3 Å². The van der Waals surface area contributed by atoms with Crippen molar-refractivity contribution in [2.24, 2.45) is 5.92 Å². The van der Waals surface area contributed by atoms with Gasteiger partial charge in [0.1, 0.15) is 10.9 Å². The summed E-state index contributed by atoms with van der Waals surface area (Å²) in [5, 5.41) is 14.7. The maximum absolute atomic E-state index is 13.0. The van der Waals surface area contributed by atoms with Gasteiger partial charge in [0.2, 0.25) is 5.88 Å². The molecular formula is C29H31ClN4O3S. The summed E-state index contributed by atoms with van der Waals surface area (Å²) in [5.41, 5.74) is 2.68. The van der Waals surface area contributed by atoms with E-state index in [9.17, 15) is 9.90 Å². The van der Waals surface area contributed by atoms with E-state index in [-0.39, 0.29) is 28.6 Å². The molecule has 6 rings (SSSR count). The van der Waals surface area contributed by atoms with Crippen molar-refractivity contribution in [1.82, 2.24) is 15.9 Å². The number of nitrogens with one attached hydrogen (secondary N) is 1. The van der Waals surface area contributed by atoms with Crippen LogP contribution in [-0.4, -0.2) is 40.7 Å². The number of aromatic nitrogens is 2. The average molecular weight is 551 g/mol. The van der Waals surface area contributed by atoms with E-state index in [1.54, 1.807) is 10.7 Å². The minimum atomic E-state index is -0.422. The Bertz CT molecular complexity index is 1450. The molecule has 5 N–H and O–H groups in total. The van der Waals surface area contributed by atoms with Gasteiger partial charge in [-0.15, -0.1) is 0 Å². The van der Waals surface area contributed by atoms with Gasteiger partial charge in [-0.05, 0) is 54.2 Å². The van der Waals surface area contributed by atoms with Gasteiger partial charge in [-0.3, -0.25) is 9.89 Å².